The van der Waals surface area contributed by atoms with E-state index in [1.807, 2.05) is 12.2 Å². The van der Waals surface area contributed by atoms with Crippen molar-refractivity contribution in [1.82, 2.24) is 10.9 Å². The Morgan fingerprint density at radius 3 is 3.36 bits per heavy atom. The summed E-state index contributed by atoms with van der Waals surface area (Å²) < 4.78 is 0. The van der Waals surface area contributed by atoms with Gasteiger partial charge >= 0.3 is 0 Å². The summed E-state index contributed by atoms with van der Waals surface area (Å²) in [6.45, 7) is 1.39. The highest BCUT2D eigenvalue weighted by Crippen LogP contribution is 2.09. The lowest BCUT2D eigenvalue weighted by Crippen LogP contribution is -2.53. The Bertz CT molecular complexity index is 244. The van der Waals surface area contributed by atoms with Crippen LogP contribution >= 0.6 is 0 Å². The Balaban J connectivity index is 2.25. The first-order valence-electron chi connectivity index (χ1n) is 3.62. The van der Waals surface area contributed by atoms with Crippen LogP contribution in [0.25, 0.3) is 0 Å². The summed E-state index contributed by atoms with van der Waals surface area (Å²) in [6, 6.07) is 0. The second-order valence-electron chi connectivity index (χ2n) is 2.60. The number of nitrogens with zero attached hydrogens (tertiary/aromatic N) is 1. The smallest absolute Gasteiger partial charge is 0.279 e. The van der Waals surface area contributed by atoms with Gasteiger partial charge in [0.1, 0.15) is 5.71 Å². The topological polar surface area (TPSA) is 53.5 Å². The van der Waals surface area contributed by atoms with Gasteiger partial charge < -0.3 is 0 Å². The van der Waals surface area contributed by atoms with E-state index in [1.54, 1.807) is 0 Å². The molecule has 4 nitrogen and oxygen atoms in total. The molecule has 2 rings (SSSR count). The van der Waals surface area contributed by atoms with Gasteiger partial charge in [-0.2, -0.15) is 0 Å². The van der Waals surface area contributed by atoms with Crippen LogP contribution in [-0.4, -0.2) is 24.7 Å². The molecule has 0 aromatic carbocycles. The number of fused-ring (bicyclic) bond motifs is 1. The Hall–Kier alpha value is -1.16. The number of amides is 1. The van der Waals surface area contributed by atoms with Crippen LogP contribution in [0.5, 0.6) is 0 Å². The van der Waals surface area contributed by atoms with Gasteiger partial charge in [-0.3, -0.25) is 15.2 Å². The first kappa shape index (κ1) is 6.54. The van der Waals surface area contributed by atoms with Crippen molar-refractivity contribution >= 4 is 11.6 Å². The molecule has 1 unspecified atom stereocenters. The van der Waals surface area contributed by atoms with Crippen molar-refractivity contribution in [2.75, 3.05) is 13.1 Å². The lowest BCUT2D eigenvalue weighted by Gasteiger charge is -2.24. The molecule has 4 heteroatoms. The van der Waals surface area contributed by atoms with E-state index in [0.717, 1.165) is 6.54 Å². The number of dihydropyridines is 1. The number of hydrazine groups is 1. The fourth-order valence-corrected chi connectivity index (χ4v) is 1.29. The van der Waals surface area contributed by atoms with Crippen LogP contribution in [0.3, 0.4) is 0 Å². The highest BCUT2D eigenvalue weighted by molar-refractivity contribution is 6.40. The number of hydrogen-bond acceptors (Lipinski definition) is 3. The minimum absolute atomic E-state index is 0.0920. The number of aliphatic imine (C=N–C) groups is 1. The second kappa shape index (κ2) is 2.47. The monoisotopic (exact) mass is 151 g/mol. The maximum atomic E-state index is 11.1. The summed E-state index contributed by atoms with van der Waals surface area (Å²) in [4.78, 5) is 15.2. The molecule has 2 N–H and O–H groups in total. The molecule has 1 atom stereocenters. The fraction of sp³-hybridized carbons (Fsp3) is 0.429. The predicted molar refractivity (Wildman–Crippen MR) is 41.1 cm³/mol. The zero-order valence-electron chi connectivity index (χ0n) is 6.00. The van der Waals surface area contributed by atoms with Crippen LogP contribution in [0.15, 0.2) is 17.1 Å². The standard InChI is InChI=1S/C7H9N3O/c11-7-6-5(4-9-10-7)2-1-3-8-6/h1-2,5,9H,3-4H2,(H,10,11). The van der Waals surface area contributed by atoms with Gasteiger partial charge in [0.15, 0.2) is 0 Å². The summed E-state index contributed by atoms with van der Waals surface area (Å²) in [5.41, 5.74) is 5.99. The van der Waals surface area contributed by atoms with Gasteiger partial charge in [-0.1, -0.05) is 12.2 Å². The van der Waals surface area contributed by atoms with Crippen LogP contribution in [0.2, 0.25) is 0 Å². The van der Waals surface area contributed by atoms with Crippen molar-refractivity contribution in [3.8, 4) is 0 Å². The molecule has 0 radical (unpaired) electrons. The van der Waals surface area contributed by atoms with Gasteiger partial charge in [-0.15, -0.1) is 0 Å². The van der Waals surface area contributed by atoms with Crippen LogP contribution in [0.1, 0.15) is 0 Å². The Labute approximate surface area is 64.4 Å². The van der Waals surface area contributed by atoms with E-state index in [9.17, 15) is 4.79 Å². The van der Waals surface area contributed by atoms with E-state index in [0.29, 0.717) is 12.3 Å². The molecule has 58 valence electrons. The molecule has 1 amide bonds. The van der Waals surface area contributed by atoms with Gasteiger partial charge in [0.2, 0.25) is 0 Å². The number of nitrogens with one attached hydrogen (secondary N) is 2. The Morgan fingerprint density at radius 2 is 2.55 bits per heavy atom. The van der Waals surface area contributed by atoms with Crippen LogP contribution in [0, 0.1) is 5.92 Å². The molecule has 0 aromatic heterocycles. The summed E-state index contributed by atoms with van der Waals surface area (Å²) in [6.07, 6.45) is 4.00. The SMILES string of the molecule is O=C1NNCC2C=CCN=C12. The summed E-state index contributed by atoms with van der Waals surface area (Å²) >= 11 is 0. The Kier molecular flexibility index (Phi) is 1.47. The van der Waals surface area contributed by atoms with E-state index in [2.05, 4.69) is 15.8 Å². The zero-order chi connectivity index (χ0) is 7.68. The van der Waals surface area contributed by atoms with E-state index in [4.69, 9.17) is 0 Å². The second-order valence-corrected chi connectivity index (χ2v) is 2.60. The van der Waals surface area contributed by atoms with E-state index < -0.39 is 0 Å². The quantitative estimate of drug-likeness (QED) is 0.447. The molecule has 2 heterocycles. The number of carbonyl (C=O) groups is 1. The third-order valence-electron chi connectivity index (χ3n) is 1.84. The number of rotatable bonds is 0. The van der Waals surface area contributed by atoms with Crippen molar-refractivity contribution in [3.05, 3.63) is 12.2 Å². The first-order valence-corrected chi connectivity index (χ1v) is 3.62. The average molecular weight is 151 g/mol. The predicted octanol–water partition coefficient (Wildman–Crippen LogP) is -0.752. The largest absolute Gasteiger partial charge is 0.286 e. The van der Waals surface area contributed by atoms with Crippen LogP contribution < -0.4 is 10.9 Å². The molecule has 0 saturated carbocycles. The lowest BCUT2D eigenvalue weighted by atomic mass is 9.99. The molecule has 1 saturated heterocycles. The molecule has 2 aliphatic rings. The molecule has 0 aromatic rings. The maximum Gasteiger partial charge on any atom is 0.279 e. The van der Waals surface area contributed by atoms with Gasteiger partial charge in [0, 0.05) is 12.5 Å². The molecule has 0 bridgehead atoms. The summed E-state index contributed by atoms with van der Waals surface area (Å²) in [7, 11) is 0. The van der Waals surface area contributed by atoms with Crippen molar-refractivity contribution in [2.24, 2.45) is 10.9 Å². The van der Waals surface area contributed by atoms with Crippen LogP contribution in [-0.2, 0) is 4.79 Å². The normalized spacial score (nSPS) is 28.9. The highest BCUT2D eigenvalue weighted by Gasteiger charge is 2.25. The van der Waals surface area contributed by atoms with Gasteiger partial charge in [0.25, 0.3) is 5.91 Å². The third kappa shape index (κ3) is 1.05. The Morgan fingerprint density at radius 1 is 1.64 bits per heavy atom. The van der Waals surface area contributed by atoms with Gasteiger partial charge in [0.05, 0.1) is 6.54 Å². The van der Waals surface area contributed by atoms with Gasteiger partial charge in [-0.05, 0) is 0 Å². The summed E-state index contributed by atoms with van der Waals surface area (Å²) in [5, 5.41) is 0. The molecule has 0 aliphatic carbocycles. The maximum absolute atomic E-state index is 11.1. The summed E-state index contributed by atoms with van der Waals surface area (Å²) in [5.74, 6) is 0.0862. The average Bonchev–Trinajstić information content (AvgIpc) is 2.06. The first-order chi connectivity index (χ1) is 5.38. The highest BCUT2D eigenvalue weighted by atomic mass is 16.2. The lowest BCUT2D eigenvalue weighted by molar-refractivity contribution is -0.116. The van der Waals surface area contributed by atoms with E-state index in [-0.39, 0.29) is 11.8 Å². The van der Waals surface area contributed by atoms with Gasteiger partial charge in [-0.25, -0.2) is 5.43 Å². The van der Waals surface area contributed by atoms with Crippen molar-refractivity contribution < 1.29 is 4.79 Å². The molecule has 11 heavy (non-hydrogen) atoms. The minimum atomic E-state index is -0.0920. The molecular formula is C7H9N3O. The number of carbonyl (C=O) groups excluding carboxylic acids is 1. The molecular weight excluding hydrogens is 142 g/mol. The van der Waals surface area contributed by atoms with Crippen molar-refractivity contribution in [1.29, 1.82) is 0 Å². The molecule has 0 spiro atoms. The van der Waals surface area contributed by atoms with E-state index >= 15 is 0 Å². The van der Waals surface area contributed by atoms with Crippen molar-refractivity contribution in [3.63, 3.8) is 0 Å². The molecule has 2 aliphatic heterocycles. The third-order valence-corrected chi connectivity index (χ3v) is 1.84. The minimum Gasteiger partial charge on any atom is -0.286 e. The fourth-order valence-electron chi connectivity index (χ4n) is 1.29. The number of hydrogen-bond donors (Lipinski definition) is 2. The van der Waals surface area contributed by atoms with Crippen LogP contribution in [0.4, 0.5) is 0 Å². The zero-order valence-corrected chi connectivity index (χ0v) is 6.00. The molecule has 1 fully saturated rings. The van der Waals surface area contributed by atoms with E-state index in [1.165, 1.54) is 0 Å². The van der Waals surface area contributed by atoms with Crippen molar-refractivity contribution in [2.45, 2.75) is 0 Å².